The molecule has 1 aromatic rings. The van der Waals surface area contributed by atoms with Gasteiger partial charge in [-0.1, -0.05) is 6.92 Å². The predicted octanol–water partition coefficient (Wildman–Crippen LogP) is 2.80. The van der Waals surface area contributed by atoms with Crippen molar-refractivity contribution in [3.05, 3.63) is 30.1 Å². The molecule has 0 spiro atoms. The topological polar surface area (TPSA) is 55.1 Å². The summed E-state index contributed by atoms with van der Waals surface area (Å²) >= 11 is 1.56. The van der Waals surface area contributed by atoms with Crippen molar-refractivity contribution in [2.24, 2.45) is 17.6 Å². The fraction of sp³-hybridized carbons (Fsp3) is 0.562. The third kappa shape index (κ3) is 4.45. The quantitative estimate of drug-likeness (QED) is 0.762. The summed E-state index contributed by atoms with van der Waals surface area (Å²) < 4.78 is 12.8. The average molecular weight is 310 g/mol. The molecular formula is C16H23FN2OS. The molecule has 5 heteroatoms. The molecule has 2 unspecified atom stereocenters. The Bertz CT molecular complexity index is 490. The van der Waals surface area contributed by atoms with Crippen LogP contribution in [0.1, 0.15) is 26.7 Å². The van der Waals surface area contributed by atoms with Crippen LogP contribution in [-0.4, -0.2) is 23.7 Å². The Balaban J connectivity index is 1.83. The molecule has 0 saturated heterocycles. The van der Waals surface area contributed by atoms with Gasteiger partial charge in [-0.25, -0.2) is 4.39 Å². The molecule has 2 atom stereocenters. The molecule has 0 aliphatic heterocycles. The first-order chi connectivity index (χ1) is 9.94. The minimum Gasteiger partial charge on any atom is -0.349 e. The van der Waals surface area contributed by atoms with E-state index in [9.17, 15) is 9.18 Å². The molecule has 21 heavy (non-hydrogen) atoms. The maximum absolute atomic E-state index is 12.8. The second kappa shape index (κ2) is 6.79. The number of rotatable bonds is 7. The summed E-state index contributed by atoms with van der Waals surface area (Å²) in [5.74, 6) is 0.883. The number of amides is 1. The zero-order chi connectivity index (χ0) is 15.5. The zero-order valence-electron chi connectivity index (χ0n) is 12.6. The van der Waals surface area contributed by atoms with Gasteiger partial charge in [0, 0.05) is 23.1 Å². The van der Waals surface area contributed by atoms with Crippen LogP contribution in [-0.2, 0) is 4.79 Å². The average Bonchev–Trinajstić information content (AvgIpc) is 3.31. The predicted molar refractivity (Wildman–Crippen MR) is 84.6 cm³/mol. The molecule has 1 aliphatic carbocycles. The molecule has 3 N–H and O–H groups in total. The second-order valence-corrected chi connectivity index (χ2v) is 7.14. The largest absolute Gasteiger partial charge is 0.349 e. The Morgan fingerprint density at radius 3 is 2.62 bits per heavy atom. The number of carbonyl (C=O) groups excluding carboxylic acids is 1. The van der Waals surface area contributed by atoms with E-state index in [2.05, 4.69) is 5.32 Å². The second-order valence-electron chi connectivity index (χ2n) is 6.05. The molecular weight excluding hydrogens is 287 g/mol. The molecule has 0 bridgehead atoms. The SMILES string of the molecule is CC(CSc1ccc(F)cc1)C(=O)NC(C)(CN)C1CC1. The van der Waals surface area contributed by atoms with Gasteiger partial charge in [-0.15, -0.1) is 11.8 Å². The van der Waals surface area contributed by atoms with Crippen LogP contribution in [0.3, 0.4) is 0 Å². The van der Waals surface area contributed by atoms with Crippen molar-refractivity contribution in [3.63, 3.8) is 0 Å². The van der Waals surface area contributed by atoms with Crippen molar-refractivity contribution in [1.29, 1.82) is 0 Å². The van der Waals surface area contributed by atoms with Gasteiger partial charge < -0.3 is 11.1 Å². The van der Waals surface area contributed by atoms with Crippen LogP contribution in [0, 0.1) is 17.7 Å². The smallest absolute Gasteiger partial charge is 0.224 e. The van der Waals surface area contributed by atoms with Gasteiger partial charge in [-0.2, -0.15) is 0 Å². The first-order valence-corrected chi connectivity index (χ1v) is 8.33. The highest BCUT2D eigenvalue weighted by molar-refractivity contribution is 7.99. The van der Waals surface area contributed by atoms with Crippen molar-refractivity contribution >= 4 is 17.7 Å². The standard InChI is InChI=1S/C16H23FN2OS/c1-11(9-21-14-7-5-13(17)6-8-14)15(20)19-16(2,10-18)12-3-4-12/h5-8,11-12H,3-4,9-10,18H2,1-2H3,(H,19,20). The van der Waals surface area contributed by atoms with Gasteiger partial charge in [-0.05, 0) is 49.9 Å². The highest BCUT2D eigenvalue weighted by Crippen LogP contribution is 2.39. The van der Waals surface area contributed by atoms with Crippen LogP contribution in [0.2, 0.25) is 0 Å². The lowest BCUT2D eigenvalue weighted by molar-refractivity contribution is -0.125. The van der Waals surface area contributed by atoms with E-state index < -0.39 is 0 Å². The Hall–Kier alpha value is -1.07. The van der Waals surface area contributed by atoms with E-state index >= 15 is 0 Å². The molecule has 116 valence electrons. The lowest BCUT2D eigenvalue weighted by atomic mass is 9.95. The maximum atomic E-state index is 12.8. The zero-order valence-corrected chi connectivity index (χ0v) is 13.4. The van der Waals surface area contributed by atoms with Crippen LogP contribution in [0.15, 0.2) is 29.2 Å². The molecule has 2 rings (SSSR count). The normalized spacial score (nSPS) is 18.9. The molecule has 0 radical (unpaired) electrons. The number of nitrogens with one attached hydrogen (secondary N) is 1. The van der Waals surface area contributed by atoms with Crippen molar-refractivity contribution < 1.29 is 9.18 Å². The van der Waals surface area contributed by atoms with E-state index in [1.807, 2.05) is 13.8 Å². The van der Waals surface area contributed by atoms with E-state index in [1.54, 1.807) is 23.9 Å². The number of halogens is 1. The molecule has 1 amide bonds. The van der Waals surface area contributed by atoms with Gasteiger partial charge in [0.2, 0.25) is 5.91 Å². The summed E-state index contributed by atoms with van der Waals surface area (Å²) in [6.07, 6.45) is 2.29. The van der Waals surface area contributed by atoms with Crippen LogP contribution >= 0.6 is 11.8 Å². The van der Waals surface area contributed by atoms with E-state index in [1.165, 1.54) is 12.1 Å². The van der Waals surface area contributed by atoms with E-state index in [-0.39, 0.29) is 23.2 Å². The first-order valence-electron chi connectivity index (χ1n) is 7.35. The maximum Gasteiger partial charge on any atom is 0.224 e. The number of thioether (sulfide) groups is 1. The number of benzene rings is 1. The fourth-order valence-corrected chi connectivity index (χ4v) is 3.19. The summed E-state index contributed by atoms with van der Waals surface area (Å²) in [6, 6.07) is 6.34. The molecule has 1 aliphatic rings. The van der Waals surface area contributed by atoms with Crippen LogP contribution in [0.25, 0.3) is 0 Å². The highest BCUT2D eigenvalue weighted by Gasteiger charge is 2.41. The van der Waals surface area contributed by atoms with Crippen molar-refractivity contribution in [2.75, 3.05) is 12.3 Å². The summed E-state index contributed by atoms with van der Waals surface area (Å²) in [5, 5.41) is 3.11. The number of carbonyl (C=O) groups is 1. The summed E-state index contributed by atoms with van der Waals surface area (Å²) in [7, 11) is 0. The molecule has 1 aromatic carbocycles. The fourth-order valence-electron chi connectivity index (χ4n) is 2.27. The van der Waals surface area contributed by atoms with Gasteiger partial charge >= 0.3 is 0 Å². The first kappa shape index (κ1) is 16.3. The van der Waals surface area contributed by atoms with Crippen LogP contribution in [0.5, 0.6) is 0 Å². The molecule has 3 nitrogen and oxygen atoms in total. The Morgan fingerprint density at radius 2 is 2.10 bits per heavy atom. The number of nitrogens with two attached hydrogens (primary N) is 1. The lowest BCUT2D eigenvalue weighted by Gasteiger charge is -2.30. The third-order valence-electron chi connectivity index (χ3n) is 4.07. The summed E-state index contributed by atoms with van der Waals surface area (Å²) in [5.41, 5.74) is 5.55. The van der Waals surface area contributed by atoms with Crippen molar-refractivity contribution in [3.8, 4) is 0 Å². The monoisotopic (exact) mass is 310 g/mol. The highest BCUT2D eigenvalue weighted by atomic mass is 32.2. The Morgan fingerprint density at radius 1 is 1.48 bits per heavy atom. The Kier molecular flexibility index (Phi) is 5.27. The minimum atomic E-state index is -0.272. The third-order valence-corrected chi connectivity index (χ3v) is 5.34. The molecule has 1 fully saturated rings. The molecule has 0 heterocycles. The van der Waals surface area contributed by atoms with Crippen LogP contribution in [0.4, 0.5) is 4.39 Å². The summed E-state index contributed by atoms with van der Waals surface area (Å²) in [6.45, 7) is 4.42. The Labute approximate surface area is 129 Å². The molecule has 1 saturated carbocycles. The van der Waals surface area contributed by atoms with Gasteiger partial charge in [0.05, 0.1) is 5.54 Å². The van der Waals surface area contributed by atoms with Gasteiger partial charge in [-0.3, -0.25) is 4.79 Å². The van der Waals surface area contributed by atoms with Gasteiger partial charge in [0.1, 0.15) is 5.82 Å². The van der Waals surface area contributed by atoms with Crippen molar-refractivity contribution in [1.82, 2.24) is 5.32 Å². The molecule has 0 aromatic heterocycles. The number of hydrogen-bond acceptors (Lipinski definition) is 3. The van der Waals surface area contributed by atoms with Crippen LogP contribution < -0.4 is 11.1 Å². The summed E-state index contributed by atoms with van der Waals surface area (Å²) in [4.78, 5) is 13.3. The van der Waals surface area contributed by atoms with E-state index in [4.69, 9.17) is 5.73 Å². The van der Waals surface area contributed by atoms with Gasteiger partial charge in [0.25, 0.3) is 0 Å². The van der Waals surface area contributed by atoms with Gasteiger partial charge in [0.15, 0.2) is 0 Å². The van der Waals surface area contributed by atoms with E-state index in [0.29, 0.717) is 18.2 Å². The van der Waals surface area contributed by atoms with E-state index in [0.717, 1.165) is 17.7 Å². The lowest BCUT2D eigenvalue weighted by Crippen LogP contribution is -2.54. The number of hydrogen-bond donors (Lipinski definition) is 2. The van der Waals surface area contributed by atoms with Crippen molar-refractivity contribution in [2.45, 2.75) is 37.1 Å². The minimum absolute atomic E-state index is 0.0458.